The number of ether oxygens (including phenoxy) is 2. The van der Waals surface area contributed by atoms with Crippen molar-refractivity contribution in [2.24, 2.45) is 0 Å². The average molecular weight is 460 g/mol. The van der Waals surface area contributed by atoms with Crippen molar-refractivity contribution >= 4 is 38.1 Å². The normalized spacial score (nSPS) is 13.5. The number of likely N-dealkylation sites (N-methyl/N-ethyl adjacent to an activating group) is 1. The number of nitrogens with one attached hydrogen (secondary N) is 1. The second-order valence-corrected chi connectivity index (χ2v) is 9.97. The molecule has 1 aliphatic heterocycles. The van der Waals surface area contributed by atoms with Crippen LogP contribution in [-0.4, -0.2) is 40.1 Å². The Morgan fingerprint density at radius 3 is 2.68 bits per heavy atom. The van der Waals surface area contributed by atoms with Crippen molar-refractivity contribution < 1.29 is 22.7 Å². The van der Waals surface area contributed by atoms with Crippen molar-refractivity contribution in [3.05, 3.63) is 46.8 Å². The van der Waals surface area contributed by atoms with Gasteiger partial charge in [0.25, 0.3) is 15.9 Å². The number of anilines is 2. The number of thiazole rings is 1. The molecule has 1 amide bonds. The lowest BCUT2D eigenvalue weighted by molar-refractivity contribution is -0.120. The Hall–Kier alpha value is -3.11. The molecule has 3 aromatic rings. The van der Waals surface area contributed by atoms with Gasteiger partial charge in [-0.05, 0) is 55.8 Å². The molecule has 31 heavy (non-hydrogen) atoms. The first-order valence-electron chi connectivity index (χ1n) is 9.38. The third kappa shape index (κ3) is 3.96. The molecule has 162 valence electrons. The number of amides is 1. The zero-order chi connectivity index (χ0) is 22.3. The van der Waals surface area contributed by atoms with Crippen molar-refractivity contribution in [3.8, 4) is 22.8 Å². The maximum atomic E-state index is 12.8. The van der Waals surface area contributed by atoms with Crippen LogP contribution in [0, 0.1) is 13.8 Å². The Balaban J connectivity index is 1.64. The summed E-state index contributed by atoms with van der Waals surface area (Å²) < 4.78 is 38.9. The van der Waals surface area contributed by atoms with Crippen LogP contribution in [0.5, 0.6) is 11.5 Å². The average Bonchev–Trinajstić information content (AvgIpc) is 3.09. The van der Waals surface area contributed by atoms with Crippen LogP contribution < -0.4 is 19.1 Å². The van der Waals surface area contributed by atoms with Gasteiger partial charge in [-0.1, -0.05) is 0 Å². The molecule has 2 heterocycles. The van der Waals surface area contributed by atoms with E-state index >= 15 is 0 Å². The van der Waals surface area contributed by atoms with E-state index in [9.17, 15) is 13.2 Å². The Kier molecular flexibility index (Phi) is 5.36. The van der Waals surface area contributed by atoms with E-state index in [1.54, 1.807) is 37.1 Å². The summed E-state index contributed by atoms with van der Waals surface area (Å²) in [6.07, 6.45) is 0. The number of aryl methyl sites for hydroxylation is 2. The fourth-order valence-corrected chi connectivity index (χ4v) is 5.47. The van der Waals surface area contributed by atoms with E-state index in [2.05, 4.69) is 9.71 Å². The second-order valence-electron chi connectivity index (χ2n) is 7.08. The predicted molar refractivity (Wildman–Crippen MR) is 120 cm³/mol. The number of hydrogen-bond donors (Lipinski definition) is 1. The molecule has 0 spiro atoms. The summed E-state index contributed by atoms with van der Waals surface area (Å²) in [5.41, 5.74) is 2.78. The smallest absolute Gasteiger partial charge is 0.264 e. The third-order valence-corrected chi connectivity index (χ3v) is 7.37. The number of hydrogen-bond acceptors (Lipinski definition) is 7. The van der Waals surface area contributed by atoms with E-state index in [1.165, 1.54) is 24.5 Å². The zero-order valence-electron chi connectivity index (χ0n) is 17.4. The lowest BCUT2D eigenvalue weighted by Gasteiger charge is -2.26. The van der Waals surface area contributed by atoms with Gasteiger partial charge < -0.3 is 14.4 Å². The molecule has 0 saturated heterocycles. The molecule has 0 unspecified atom stereocenters. The Morgan fingerprint density at radius 1 is 1.19 bits per heavy atom. The molecule has 0 aliphatic carbocycles. The van der Waals surface area contributed by atoms with Crippen molar-refractivity contribution in [2.75, 3.05) is 30.4 Å². The Morgan fingerprint density at radius 2 is 1.97 bits per heavy atom. The number of nitrogens with zero attached hydrogens (tertiary/aromatic N) is 2. The van der Waals surface area contributed by atoms with Crippen LogP contribution >= 0.6 is 11.3 Å². The van der Waals surface area contributed by atoms with Crippen molar-refractivity contribution in [1.82, 2.24) is 4.98 Å². The minimum absolute atomic E-state index is 0.00926. The maximum Gasteiger partial charge on any atom is 0.264 e. The van der Waals surface area contributed by atoms with E-state index < -0.39 is 10.0 Å². The highest BCUT2D eigenvalue weighted by molar-refractivity contribution is 7.93. The van der Waals surface area contributed by atoms with Gasteiger partial charge >= 0.3 is 0 Å². The van der Waals surface area contributed by atoms with Gasteiger partial charge in [0.05, 0.1) is 23.4 Å². The third-order valence-electron chi connectivity index (χ3n) is 5.01. The molecular weight excluding hydrogens is 438 g/mol. The quantitative estimate of drug-likeness (QED) is 0.626. The van der Waals surface area contributed by atoms with Crippen LogP contribution in [0.2, 0.25) is 0 Å². The van der Waals surface area contributed by atoms with E-state index in [0.717, 1.165) is 16.0 Å². The second kappa shape index (κ2) is 7.86. The fourth-order valence-electron chi connectivity index (χ4n) is 3.32. The van der Waals surface area contributed by atoms with E-state index in [1.807, 2.05) is 19.1 Å². The van der Waals surface area contributed by atoms with Crippen LogP contribution in [-0.2, 0) is 14.8 Å². The minimum atomic E-state index is -3.81. The number of fused-ring (bicyclic) bond motifs is 1. The maximum absolute atomic E-state index is 12.8. The first kappa shape index (κ1) is 21.1. The van der Waals surface area contributed by atoms with E-state index in [4.69, 9.17) is 9.47 Å². The van der Waals surface area contributed by atoms with Gasteiger partial charge in [0, 0.05) is 17.5 Å². The molecule has 1 N–H and O–H groups in total. The van der Waals surface area contributed by atoms with Crippen LogP contribution in [0.3, 0.4) is 0 Å². The Labute approximate surface area is 184 Å². The number of carbonyl (C=O) groups is 1. The molecule has 10 heteroatoms. The highest BCUT2D eigenvalue weighted by Crippen LogP contribution is 2.38. The lowest BCUT2D eigenvalue weighted by atomic mass is 10.1. The molecule has 0 bridgehead atoms. The first-order valence-corrected chi connectivity index (χ1v) is 11.7. The molecule has 8 nitrogen and oxygen atoms in total. The van der Waals surface area contributed by atoms with Crippen molar-refractivity contribution in [1.29, 1.82) is 0 Å². The van der Waals surface area contributed by atoms with Gasteiger partial charge in [-0.2, -0.15) is 0 Å². The molecule has 4 rings (SSSR count). The number of rotatable bonds is 5. The summed E-state index contributed by atoms with van der Waals surface area (Å²) in [6, 6.07) is 10.1. The number of benzene rings is 2. The molecule has 2 aromatic carbocycles. The summed E-state index contributed by atoms with van der Waals surface area (Å²) in [4.78, 5) is 18.9. The van der Waals surface area contributed by atoms with Crippen LogP contribution in [0.4, 0.5) is 10.8 Å². The fraction of sp³-hybridized carbons (Fsp3) is 0.238. The summed E-state index contributed by atoms with van der Waals surface area (Å²) in [6.45, 7) is 3.66. The highest BCUT2D eigenvalue weighted by atomic mass is 32.2. The van der Waals surface area contributed by atoms with Gasteiger partial charge in [0.2, 0.25) is 0 Å². The topological polar surface area (TPSA) is 97.8 Å². The zero-order valence-corrected chi connectivity index (χ0v) is 19.1. The molecule has 1 aliphatic rings. The Bertz CT molecular complexity index is 1280. The summed E-state index contributed by atoms with van der Waals surface area (Å²) >= 11 is 1.24. The van der Waals surface area contributed by atoms with Gasteiger partial charge in [-0.15, -0.1) is 11.3 Å². The minimum Gasteiger partial charge on any atom is -0.496 e. The number of methoxy groups -OCH3 is 1. The molecule has 0 fully saturated rings. The van der Waals surface area contributed by atoms with Crippen LogP contribution in [0.25, 0.3) is 11.3 Å². The van der Waals surface area contributed by atoms with Crippen molar-refractivity contribution in [3.63, 3.8) is 0 Å². The first-order chi connectivity index (χ1) is 14.7. The van der Waals surface area contributed by atoms with Crippen LogP contribution in [0.1, 0.15) is 10.4 Å². The number of aromatic nitrogens is 1. The SMILES string of the molecule is COc1ccc(S(=O)(=O)Nc2nc(-c3ccc4c(c3)N(C)C(=O)CO4)c(C)s2)cc1C. The lowest BCUT2D eigenvalue weighted by Crippen LogP contribution is -2.35. The summed E-state index contributed by atoms with van der Waals surface area (Å²) in [7, 11) is -0.578. The highest BCUT2D eigenvalue weighted by Gasteiger charge is 2.24. The summed E-state index contributed by atoms with van der Waals surface area (Å²) in [5.74, 6) is 1.10. The standard InChI is InChI=1S/C21H21N3O5S2/c1-12-9-15(6-8-17(12)28-4)31(26,27)23-21-22-20(13(2)30-21)14-5-7-18-16(10-14)24(3)19(25)11-29-18/h5-10H,11H2,1-4H3,(H,22,23). The molecule has 0 saturated carbocycles. The number of sulfonamides is 1. The largest absolute Gasteiger partial charge is 0.496 e. The van der Waals surface area contributed by atoms with E-state index in [0.29, 0.717) is 22.9 Å². The van der Waals surface area contributed by atoms with Crippen LogP contribution in [0.15, 0.2) is 41.3 Å². The van der Waals surface area contributed by atoms with Gasteiger partial charge in [-0.25, -0.2) is 13.4 Å². The predicted octanol–water partition coefficient (Wildman–Crippen LogP) is 3.59. The van der Waals surface area contributed by atoms with Gasteiger partial charge in [0.1, 0.15) is 11.5 Å². The number of carbonyl (C=O) groups excluding carboxylic acids is 1. The molecule has 0 radical (unpaired) electrons. The molecule has 1 aromatic heterocycles. The van der Waals surface area contributed by atoms with Crippen molar-refractivity contribution in [2.45, 2.75) is 18.7 Å². The molecular formula is C21H21N3O5S2. The monoisotopic (exact) mass is 459 g/mol. The summed E-state index contributed by atoms with van der Waals surface area (Å²) in [5, 5.41) is 0.263. The molecule has 0 atom stereocenters. The van der Waals surface area contributed by atoms with E-state index in [-0.39, 0.29) is 22.5 Å². The van der Waals surface area contributed by atoms with Gasteiger partial charge in [0.15, 0.2) is 11.7 Å². The van der Waals surface area contributed by atoms with Gasteiger partial charge in [-0.3, -0.25) is 9.52 Å².